The normalized spacial score (nSPS) is 15.8. The van der Waals surface area contributed by atoms with Gasteiger partial charge in [0.05, 0.1) is 12.6 Å². The number of benzene rings is 2. The number of piperazine rings is 1. The van der Waals surface area contributed by atoms with Crippen LogP contribution in [0.1, 0.15) is 17.2 Å². The van der Waals surface area contributed by atoms with Gasteiger partial charge in [-0.15, -0.1) is 0 Å². The van der Waals surface area contributed by atoms with Gasteiger partial charge in [0.15, 0.2) is 0 Å². The minimum atomic E-state index is -0.984. The van der Waals surface area contributed by atoms with Crippen LogP contribution in [0.2, 0.25) is 0 Å². The molecule has 28 heavy (non-hydrogen) atoms. The van der Waals surface area contributed by atoms with Crippen molar-refractivity contribution in [1.82, 2.24) is 9.80 Å². The lowest BCUT2D eigenvalue weighted by atomic mass is 9.95. The zero-order valence-corrected chi connectivity index (χ0v) is 15.6. The van der Waals surface area contributed by atoms with E-state index in [1.165, 1.54) is 12.1 Å². The van der Waals surface area contributed by atoms with E-state index >= 15 is 0 Å². The minimum absolute atomic E-state index is 0.303. The van der Waals surface area contributed by atoms with Gasteiger partial charge in [-0.1, -0.05) is 36.4 Å². The molecular weight excluding hydrogens is 366 g/mol. The molecule has 3 rings (SSSR count). The third-order valence-electron chi connectivity index (χ3n) is 4.95. The van der Waals surface area contributed by atoms with Crippen molar-refractivity contribution in [3.63, 3.8) is 0 Å². The summed E-state index contributed by atoms with van der Waals surface area (Å²) in [5, 5.41) is 8.60. The number of hydrogen-bond acceptors (Lipinski definition) is 4. The molecule has 1 saturated heterocycles. The summed E-state index contributed by atoms with van der Waals surface area (Å²) in [5.41, 5.74) is 0.927. The molecule has 0 bridgehead atoms. The van der Waals surface area contributed by atoms with Crippen LogP contribution in [0.3, 0.4) is 0 Å². The van der Waals surface area contributed by atoms with E-state index < -0.39 is 12.0 Å². The highest BCUT2D eigenvalue weighted by Gasteiger charge is 2.29. The first kappa shape index (κ1) is 20.4. The third-order valence-corrected chi connectivity index (χ3v) is 4.95. The fourth-order valence-corrected chi connectivity index (χ4v) is 3.55. The molecule has 7 heteroatoms. The summed E-state index contributed by atoms with van der Waals surface area (Å²) in [4.78, 5) is 14.7. The van der Waals surface area contributed by atoms with Crippen molar-refractivity contribution in [2.75, 3.05) is 45.9 Å². The molecule has 0 saturated carbocycles. The molecular formula is C21H24F2N2O3. The summed E-state index contributed by atoms with van der Waals surface area (Å²) in [5.74, 6) is -1.68. The molecule has 0 amide bonds. The van der Waals surface area contributed by atoms with Gasteiger partial charge in [0, 0.05) is 43.9 Å². The van der Waals surface area contributed by atoms with Crippen LogP contribution < -0.4 is 0 Å². The molecule has 0 radical (unpaired) electrons. The molecule has 0 unspecified atom stereocenters. The lowest BCUT2D eigenvalue weighted by molar-refractivity contribution is -0.142. The molecule has 2 aromatic rings. The van der Waals surface area contributed by atoms with E-state index in [9.17, 15) is 13.6 Å². The molecule has 5 nitrogen and oxygen atoms in total. The van der Waals surface area contributed by atoms with E-state index in [4.69, 9.17) is 9.84 Å². The van der Waals surface area contributed by atoms with E-state index in [0.29, 0.717) is 37.4 Å². The Morgan fingerprint density at radius 2 is 1.50 bits per heavy atom. The van der Waals surface area contributed by atoms with Crippen molar-refractivity contribution in [2.24, 2.45) is 0 Å². The van der Waals surface area contributed by atoms with Crippen LogP contribution in [0.4, 0.5) is 8.78 Å². The summed E-state index contributed by atoms with van der Waals surface area (Å²) in [6.45, 7) is 3.40. The maximum atomic E-state index is 14.5. The van der Waals surface area contributed by atoms with Crippen LogP contribution in [0.5, 0.6) is 0 Å². The van der Waals surface area contributed by atoms with E-state index in [1.54, 1.807) is 36.4 Å². The smallest absolute Gasteiger partial charge is 0.329 e. The van der Waals surface area contributed by atoms with Crippen molar-refractivity contribution >= 4 is 5.97 Å². The number of carboxylic acids is 1. The number of nitrogens with zero attached hydrogens (tertiary/aromatic N) is 2. The Morgan fingerprint density at radius 3 is 2.00 bits per heavy atom. The highest BCUT2D eigenvalue weighted by Crippen LogP contribution is 2.32. The van der Waals surface area contributed by atoms with Gasteiger partial charge in [-0.2, -0.15) is 0 Å². The zero-order valence-electron chi connectivity index (χ0n) is 15.6. The lowest BCUT2D eigenvalue weighted by Crippen LogP contribution is -2.48. The fourth-order valence-electron chi connectivity index (χ4n) is 3.55. The second-order valence-electron chi connectivity index (χ2n) is 6.77. The zero-order chi connectivity index (χ0) is 19.9. The van der Waals surface area contributed by atoms with Gasteiger partial charge in [-0.25, -0.2) is 13.6 Å². The summed E-state index contributed by atoms with van der Waals surface area (Å²) in [6, 6.07) is 12.5. The maximum absolute atomic E-state index is 14.5. The lowest BCUT2D eigenvalue weighted by Gasteiger charge is -2.39. The first-order valence-corrected chi connectivity index (χ1v) is 9.31. The third kappa shape index (κ3) is 5.13. The van der Waals surface area contributed by atoms with Gasteiger partial charge in [-0.3, -0.25) is 9.80 Å². The van der Waals surface area contributed by atoms with Gasteiger partial charge >= 0.3 is 5.97 Å². The fraction of sp³-hybridized carbons (Fsp3) is 0.381. The SMILES string of the molecule is O=C(O)COCCN1CCN(C(c2ccccc2F)c2ccccc2F)CC1. The Kier molecular flexibility index (Phi) is 7.08. The highest BCUT2D eigenvalue weighted by atomic mass is 19.1. The van der Waals surface area contributed by atoms with Gasteiger partial charge in [-0.05, 0) is 12.1 Å². The van der Waals surface area contributed by atoms with Crippen molar-refractivity contribution in [3.05, 3.63) is 71.3 Å². The summed E-state index contributed by atoms with van der Waals surface area (Å²) >= 11 is 0. The average Bonchev–Trinajstić information content (AvgIpc) is 2.69. The van der Waals surface area contributed by atoms with Gasteiger partial charge in [0.25, 0.3) is 0 Å². The molecule has 2 aromatic carbocycles. The van der Waals surface area contributed by atoms with Crippen LogP contribution in [0.15, 0.2) is 48.5 Å². The number of carbonyl (C=O) groups is 1. The standard InChI is InChI=1S/C21H24F2N2O3/c22-18-7-3-1-5-16(18)21(17-6-2-4-8-19(17)23)25-11-9-24(10-12-25)13-14-28-15-20(26)27/h1-8,21H,9-15H2,(H,26,27). The number of rotatable bonds is 8. The average molecular weight is 390 g/mol. The summed E-state index contributed by atoms with van der Waals surface area (Å²) in [7, 11) is 0. The van der Waals surface area contributed by atoms with Crippen molar-refractivity contribution in [3.8, 4) is 0 Å². The molecule has 0 spiro atoms. The van der Waals surface area contributed by atoms with E-state index in [1.807, 2.05) is 0 Å². The van der Waals surface area contributed by atoms with Crippen LogP contribution in [-0.4, -0.2) is 66.8 Å². The van der Waals surface area contributed by atoms with Crippen molar-refractivity contribution < 1.29 is 23.4 Å². The van der Waals surface area contributed by atoms with Crippen molar-refractivity contribution in [2.45, 2.75) is 6.04 Å². The monoisotopic (exact) mass is 390 g/mol. The van der Waals surface area contributed by atoms with E-state index in [2.05, 4.69) is 9.80 Å². The summed E-state index contributed by atoms with van der Waals surface area (Å²) < 4.78 is 34.2. The van der Waals surface area contributed by atoms with E-state index in [-0.39, 0.29) is 18.2 Å². The number of carboxylic acid groups (broad SMARTS) is 1. The maximum Gasteiger partial charge on any atom is 0.329 e. The Hall–Kier alpha value is -2.35. The number of ether oxygens (including phenoxy) is 1. The van der Waals surface area contributed by atoms with Gasteiger partial charge < -0.3 is 9.84 Å². The Bertz CT molecular complexity index is 749. The molecule has 0 aromatic heterocycles. The predicted molar refractivity (Wildman–Crippen MR) is 101 cm³/mol. The van der Waals surface area contributed by atoms with Crippen LogP contribution >= 0.6 is 0 Å². The second-order valence-corrected chi connectivity index (χ2v) is 6.77. The van der Waals surface area contributed by atoms with Crippen LogP contribution in [0, 0.1) is 11.6 Å². The molecule has 1 heterocycles. The largest absolute Gasteiger partial charge is 0.480 e. The first-order valence-electron chi connectivity index (χ1n) is 9.31. The highest BCUT2D eigenvalue weighted by molar-refractivity contribution is 5.67. The molecule has 1 aliphatic rings. The molecule has 1 aliphatic heterocycles. The molecule has 1 N–H and O–H groups in total. The Labute approximate surface area is 163 Å². The number of hydrogen-bond donors (Lipinski definition) is 1. The van der Waals surface area contributed by atoms with Crippen LogP contribution in [0.25, 0.3) is 0 Å². The summed E-state index contributed by atoms with van der Waals surface area (Å²) in [6.07, 6.45) is 0. The Balaban J connectivity index is 1.70. The second kappa shape index (κ2) is 9.73. The number of halogens is 2. The van der Waals surface area contributed by atoms with E-state index in [0.717, 1.165) is 13.1 Å². The molecule has 0 aliphatic carbocycles. The predicted octanol–water partition coefficient (Wildman–Crippen LogP) is 2.77. The van der Waals surface area contributed by atoms with Crippen molar-refractivity contribution in [1.29, 1.82) is 0 Å². The molecule has 1 fully saturated rings. The van der Waals surface area contributed by atoms with Crippen LogP contribution in [-0.2, 0) is 9.53 Å². The first-order chi connectivity index (χ1) is 13.6. The molecule has 0 atom stereocenters. The van der Waals surface area contributed by atoms with Gasteiger partial charge in [0.2, 0.25) is 0 Å². The topological polar surface area (TPSA) is 53.0 Å². The number of aliphatic carboxylic acids is 1. The minimum Gasteiger partial charge on any atom is -0.480 e. The van der Waals surface area contributed by atoms with Gasteiger partial charge in [0.1, 0.15) is 18.2 Å². The molecule has 150 valence electrons. The quantitative estimate of drug-likeness (QED) is 0.703. The Morgan fingerprint density at radius 1 is 0.964 bits per heavy atom.